The molecule has 2 N–H and O–H groups in total. The lowest BCUT2D eigenvalue weighted by Crippen LogP contribution is -2.37. The first kappa shape index (κ1) is 35.2. The van der Waals surface area contributed by atoms with Gasteiger partial charge in [0.05, 0.1) is 33.9 Å². The number of hydrogen-bond donors (Lipinski definition) is 2. The van der Waals surface area contributed by atoms with Crippen molar-refractivity contribution in [2.24, 2.45) is 7.05 Å². The zero-order valence-corrected chi connectivity index (χ0v) is 28.6. The molecule has 0 radical (unpaired) electrons. The molecule has 0 saturated carbocycles. The first-order valence-electron chi connectivity index (χ1n) is 15.3. The van der Waals surface area contributed by atoms with Crippen LogP contribution in [0.1, 0.15) is 53.6 Å². The number of hydrogen-bond acceptors (Lipinski definition) is 7. The topological polar surface area (TPSA) is 146 Å². The number of amides is 1. The summed E-state index contributed by atoms with van der Waals surface area (Å²) in [7, 11) is -2.41. The molecule has 7 rings (SSSR count). The summed E-state index contributed by atoms with van der Waals surface area (Å²) in [6.45, 7) is 0.438. The van der Waals surface area contributed by atoms with Crippen molar-refractivity contribution in [3.05, 3.63) is 109 Å². The second-order valence-corrected chi connectivity index (χ2v) is 14.6. The number of aryl methyl sites for hydroxylation is 1. The van der Waals surface area contributed by atoms with Gasteiger partial charge < -0.3 is 5.32 Å². The third kappa shape index (κ3) is 5.90. The number of alkyl halides is 4. The minimum absolute atomic E-state index is 0.0112. The Morgan fingerprint density at radius 1 is 1.10 bits per heavy atom. The summed E-state index contributed by atoms with van der Waals surface area (Å²) in [5.41, 5.74) is -2.69. The van der Waals surface area contributed by atoms with Gasteiger partial charge in [-0.3, -0.25) is 28.2 Å². The van der Waals surface area contributed by atoms with Crippen molar-refractivity contribution in [1.29, 1.82) is 0 Å². The largest absolute Gasteiger partial charge is 0.344 e. The van der Waals surface area contributed by atoms with E-state index in [9.17, 15) is 35.6 Å². The van der Waals surface area contributed by atoms with E-state index in [1.165, 1.54) is 30.8 Å². The number of aromatic nitrogens is 6. The summed E-state index contributed by atoms with van der Waals surface area (Å²) in [4.78, 5) is 31.6. The van der Waals surface area contributed by atoms with Gasteiger partial charge in [-0.15, -0.1) is 0 Å². The molecule has 12 nitrogen and oxygen atoms in total. The van der Waals surface area contributed by atoms with Crippen LogP contribution in [0.3, 0.4) is 0 Å². The number of rotatable bonds is 10. The maximum atomic E-state index is 15.4. The van der Waals surface area contributed by atoms with Gasteiger partial charge in [0.25, 0.3) is 12.0 Å². The van der Waals surface area contributed by atoms with Gasteiger partial charge in [0.15, 0.2) is 5.82 Å². The molecule has 20 heteroatoms. The summed E-state index contributed by atoms with van der Waals surface area (Å²) < 4.78 is 117. The molecule has 2 aliphatic carbocycles. The summed E-state index contributed by atoms with van der Waals surface area (Å²) in [5, 5.41) is 10.6. The Labute approximate surface area is 294 Å². The highest BCUT2D eigenvalue weighted by atomic mass is 35.5. The first-order valence-corrected chi connectivity index (χ1v) is 17.6. The van der Waals surface area contributed by atoms with Crippen LogP contribution in [-0.4, -0.2) is 49.7 Å². The van der Waals surface area contributed by atoms with Crippen LogP contribution in [0, 0.1) is 11.6 Å². The smallest absolute Gasteiger partial charge is 0.312 e. The molecule has 2 aromatic carbocycles. The van der Waals surface area contributed by atoms with Gasteiger partial charge in [-0.25, -0.2) is 31.0 Å². The predicted octanol–water partition coefficient (Wildman–Crippen LogP) is 5.18. The Bertz CT molecular complexity index is 2530. The van der Waals surface area contributed by atoms with Gasteiger partial charge in [-0.05, 0) is 36.8 Å². The number of anilines is 1. The van der Waals surface area contributed by atoms with Crippen LogP contribution in [0.25, 0.3) is 16.6 Å². The fourth-order valence-corrected chi connectivity index (χ4v) is 7.61. The molecule has 2 aliphatic rings. The molecule has 52 heavy (non-hydrogen) atoms. The Balaban J connectivity index is 1.34. The number of nitrogens with zero attached hydrogens (tertiary/aromatic N) is 6. The molecule has 0 fully saturated rings. The summed E-state index contributed by atoms with van der Waals surface area (Å²) >= 11 is 6.46. The van der Waals surface area contributed by atoms with Crippen LogP contribution < -0.4 is 15.6 Å². The zero-order chi connectivity index (χ0) is 37.6. The van der Waals surface area contributed by atoms with E-state index >= 15 is 8.78 Å². The zero-order valence-electron chi connectivity index (χ0n) is 27.1. The lowest BCUT2D eigenvalue weighted by atomic mass is 10.0. The van der Waals surface area contributed by atoms with Gasteiger partial charge in [0, 0.05) is 48.9 Å². The second kappa shape index (κ2) is 12.2. The Kier molecular flexibility index (Phi) is 8.28. The van der Waals surface area contributed by atoms with Gasteiger partial charge in [0.1, 0.15) is 35.4 Å². The molecule has 0 saturated heterocycles. The van der Waals surface area contributed by atoms with Crippen molar-refractivity contribution >= 4 is 44.3 Å². The summed E-state index contributed by atoms with van der Waals surface area (Å²) in [6.07, 6.45) is -1.63. The molecule has 0 spiro atoms. The maximum Gasteiger partial charge on any atom is 0.312 e. The van der Waals surface area contributed by atoms with E-state index in [0.29, 0.717) is 10.7 Å². The SMILES string of the molecule is CC1=C2[C@H]1c1c(C(F)F)nn(CC(=O)N[C@@H](Cc3cc(F)cc(F)c3)c3nccc(=O)n3-c3ccc(Cl)c4c(NS(C)(=O)=O)nn(C)c34)c1C2(F)F. The monoisotopic (exact) mass is 766 g/mol. The Hall–Kier alpha value is -5.17. The number of allylic oxidation sites excluding steroid dienone is 2. The number of nitrogens with one attached hydrogen (secondary N) is 2. The van der Waals surface area contributed by atoms with E-state index in [2.05, 4.69) is 25.2 Å². The molecule has 0 bridgehead atoms. The van der Waals surface area contributed by atoms with Crippen LogP contribution in [0.15, 0.2) is 58.5 Å². The van der Waals surface area contributed by atoms with Crippen molar-refractivity contribution < 1.29 is 39.6 Å². The lowest BCUT2D eigenvalue weighted by Gasteiger charge is -2.23. The van der Waals surface area contributed by atoms with Crippen LogP contribution in [0.4, 0.5) is 32.2 Å². The van der Waals surface area contributed by atoms with E-state index < -0.39 is 81.8 Å². The number of sulfonamides is 1. The quantitative estimate of drug-likeness (QED) is 0.147. The number of fused-ring (bicyclic) bond motifs is 4. The molecule has 0 unspecified atom stereocenters. The molecule has 2 atom stereocenters. The first-order chi connectivity index (χ1) is 24.4. The normalized spacial score (nSPS) is 16.7. The van der Waals surface area contributed by atoms with Crippen molar-refractivity contribution in [2.45, 2.75) is 44.2 Å². The molecule has 0 aliphatic heterocycles. The van der Waals surface area contributed by atoms with Gasteiger partial charge in [-0.2, -0.15) is 19.0 Å². The standard InChI is InChI=1S/C32H25ClF6N8O4S/c1-13-22-24-26(29(36)37)42-46(28(24)32(38,39)25(13)22)12-20(48)41-18(10-14-8-15(34)11-16(35)9-14)31-40-7-6-21(49)47(31)19-5-4-17(33)23-27(19)45(2)43-30(23)44-52(3,50)51/h4-9,11,18,22,29H,10,12H2,1-3H3,(H,41,48)(H,43,44)/t18-,22+/m0/s1. The van der Waals surface area contributed by atoms with Gasteiger partial charge in [0.2, 0.25) is 15.9 Å². The molecule has 3 heterocycles. The highest BCUT2D eigenvalue weighted by molar-refractivity contribution is 7.92. The number of carbonyl (C=O) groups is 1. The fraction of sp³-hybridized carbons (Fsp3) is 0.281. The second-order valence-electron chi connectivity index (χ2n) is 12.4. The maximum absolute atomic E-state index is 15.4. The third-order valence-corrected chi connectivity index (χ3v) is 9.71. The van der Waals surface area contributed by atoms with E-state index in [1.807, 2.05) is 0 Å². The van der Waals surface area contributed by atoms with E-state index in [0.717, 1.165) is 35.2 Å². The van der Waals surface area contributed by atoms with E-state index in [4.69, 9.17) is 11.6 Å². The minimum atomic E-state index is -3.85. The van der Waals surface area contributed by atoms with E-state index in [-0.39, 0.29) is 55.5 Å². The number of carbonyl (C=O) groups excluding carboxylic acids is 1. The lowest BCUT2D eigenvalue weighted by molar-refractivity contribution is -0.122. The van der Waals surface area contributed by atoms with Crippen LogP contribution in [0.5, 0.6) is 0 Å². The molecule has 272 valence electrons. The summed E-state index contributed by atoms with van der Waals surface area (Å²) in [6, 6.07) is 4.95. The molecule has 5 aromatic rings. The van der Waals surface area contributed by atoms with Gasteiger partial charge in [-0.1, -0.05) is 17.2 Å². The Morgan fingerprint density at radius 2 is 1.79 bits per heavy atom. The average Bonchev–Trinajstić information content (AvgIpc) is 3.26. The number of halogens is 7. The van der Waals surface area contributed by atoms with Crippen LogP contribution in [-0.2, 0) is 40.8 Å². The van der Waals surface area contributed by atoms with Crippen molar-refractivity contribution in [3.63, 3.8) is 0 Å². The molecule has 1 amide bonds. The predicted molar refractivity (Wildman–Crippen MR) is 175 cm³/mol. The summed E-state index contributed by atoms with van der Waals surface area (Å²) in [5.74, 6) is -8.01. The van der Waals surface area contributed by atoms with Crippen LogP contribution >= 0.6 is 11.6 Å². The van der Waals surface area contributed by atoms with Crippen molar-refractivity contribution in [3.8, 4) is 5.69 Å². The van der Waals surface area contributed by atoms with Gasteiger partial charge >= 0.3 is 5.92 Å². The van der Waals surface area contributed by atoms with Crippen LogP contribution in [0.2, 0.25) is 5.02 Å². The highest BCUT2D eigenvalue weighted by Crippen LogP contribution is 2.67. The van der Waals surface area contributed by atoms with Crippen molar-refractivity contribution in [2.75, 3.05) is 11.0 Å². The van der Waals surface area contributed by atoms with Crippen molar-refractivity contribution in [1.82, 2.24) is 34.4 Å². The number of benzene rings is 2. The molecular weight excluding hydrogens is 742 g/mol. The van der Waals surface area contributed by atoms with E-state index in [1.54, 1.807) is 0 Å². The third-order valence-electron chi connectivity index (χ3n) is 8.83. The minimum Gasteiger partial charge on any atom is -0.344 e. The molecule has 3 aromatic heterocycles. The average molecular weight is 767 g/mol. The fourth-order valence-electron chi connectivity index (χ4n) is 6.88. The highest BCUT2D eigenvalue weighted by Gasteiger charge is 2.63. The Morgan fingerprint density at radius 3 is 2.44 bits per heavy atom. The molecular formula is C32H25ClF6N8O4S.